The summed E-state index contributed by atoms with van der Waals surface area (Å²) in [6.07, 6.45) is 1.90. The molecule has 0 amide bonds. The molecule has 0 spiro atoms. The van der Waals surface area contributed by atoms with Crippen molar-refractivity contribution in [2.45, 2.75) is 27.0 Å². The maximum absolute atomic E-state index is 5.91. The Balaban J connectivity index is 1.92. The summed E-state index contributed by atoms with van der Waals surface area (Å²) in [6, 6.07) is 5.63. The Labute approximate surface area is 122 Å². The highest BCUT2D eigenvalue weighted by atomic mass is 35.5. The van der Waals surface area contributed by atoms with Gasteiger partial charge in [0.15, 0.2) is 0 Å². The molecule has 19 heavy (non-hydrogen) atoms. The van der Waals surface area contributed by atoms with E-state index in [1.54, 1.807) is 11.3 Å². The highest BCUT2D eigenvalue weighted by Crippen LogP contribution is 2.23. The largest absolute Gasteiger partial charge is 0.486 e. The number of rotatable bonds is 6. The molecule has 102 valence electrons. The molecule has 0 aliphatic carbocycles. The zero-order valence-corrected chi connectivity index (χ0v) is 12.6. The van der Waals surface area contributed by atoms with E-state index in [0.717, 1.165) is 34.4 Å². The van der Waals surface area contributed by atoms with Crippen molar-refractivity contribution in [1.29, 1.82) is 0 Å². The van der Waals surface area contributed by atoms with Crippen molar-refractivity contribution in [3.05, 3.63) is 44.9 Å². The molecule has 0 atom stereocenters. The topological polar surface area (TPSA) is 34.2 Å². The van der Waals surface area contributed by atoms with Crippen LogP contribution in [0.15, 0.2) is 24.4 Å². The summed E-state index contributed by atoms with van der Waals surface area (Å²) < 4.78 is 5.76. The van der Waals surface area contributed by atoms with Crippen molar-refractivity contribution >= 4 is 22.9 Å². The summed E-state index contributed by atoms with van der Waals surface area (Å²) in [4.78, 5) is 5.59. The number of nitrogens with zero attached hydrogens (tertiary/aromatic N) is 1. The van der Waals surface area contributed by atoms with Crippen LogP contribution in [0.4, 0.5) is 0 Å². The summed E-state index contributed by atoms with van der Waals surface area (Å²) in [5.74, 6) is 0.854. The molecule has 0 fully saturated rings. The van der Waals surface area contributed by atoms with Gasteiger partial charge in [0.25, 0.3) is 0 Å². The van der Waals surface area contributed by atoms with Crippen LogP contribution >= 0.6 is 22.9 Å². The molecule has 0 aliphatic rings. The number of ether oxygens (including phenoxy) is 1. The van der Waals surface area contributed by atoms with E-state index < -0.39 is 0 Å². The first-order valence-corrected chi connectivity index (χ1v) is 7.41. The first-order chi connectivity index (χ1) is 9.19. The van der Waals surface area contributed by atoms with E-state index in [4.69, 9.17) is 16.3 Å². The second-order valence-corrected chi connectivity index (χ2v) is 5.84. The number of nitrogens with one attached hydrogen (secondary N) is 1. The van der Waals surface area contributed by atoms with Crippen molar-refractivity contribution in [1.82, 2.24) is 10.3 Å². The van der Waals surface area contributed by atoms with Crippen LogP contribution in [-0.4, -0.2) is 11.5 Å². The summed E-state index contributed by atoms with van der Waals surface area (Å²) >= 11 is 7.59. The molecule has 0 aliphatic heterocycles. The van der Waals surface area contributed by atoms with E-state index in [2.05, 4.69) is 17.2 Å². The molecule has 5 heteroatoms. The van der Waals surface area contributed by atoms with Crippen molar-refractivity contribution in [3.63, 3.8) is 0 Å². The minimum Gasteiger partial charge on any atom is -0.486 e. The van der Waals surface area contributed by atoms with Crippen LogP contribution in [0.2, 0.25) is 5.02 Å². The Kier molecular flexibility index (Phi) is 5.19. The van der Waals surface area contributed by atoms with Gasteiger partial charge in [-0.25, -0.2) is 4.98 Å². The first kappa shape index (κ1) is 14.3. The van der Waals surface area contributed by atoms with Gasteiger partial charge in [0.1, 0.15) is 17.4 Å². The lowest BCUT2D eigenvalue weighted by atomic mass is 10.2. The maximum atomic E-state index is 5.91. The Morgan fingerprint density at radius 3 is 3.00 bits per heavy atom. The maximum Gasteiger partial charge on any atom is 0.140 e. The average Bonchev–Trinajstić information content (AvgIpc) is 2.83. The number of hydrogen-bond donors (Lipinski definition) is 1. The number of aryl methyl sites for hydroxylation is 1. The van der Waals surface area contributed by atoms with Crippen molar-refractivity contribution in [2.75, 3.05) is 6.54 Å². The molecule has 0 saturated carbocycles. The van der Waals surface area contributed by atoms with Crippen LogP contribution in [0.3, 0.4) is 0 Å². The molecule has 0 radical (unpaired) electrons. The Morgan fingerprint density at radius 1 is 1.42 bits per heavy atom. The van der Waals surface area contributed by atoms with E-state index in [9.17, 15) is 0 Å². The third-order valence-corrected chi connectivity index (χ3v) is 3.84. The zero-order valence-electron chi connectivity index (χ0n) is 11.1. The van der Waals surface area contributed by atoms with Gasteiger partial charge in [-0.1, -0.05) is 18.5 Å². The standard InChI is InChI=1S/C14H17ClN2OS/c1-3-16-7-12-8-17-14(19-12)9-18-13-5-4-11(15)6-10(13)2/h4-6,8,16H,3,7,9H2,1-2H3. The molecule has 3 nitrogen and oxygen atoms in total. The fourth-order valence-corrected chi connectivity index (χ4v) is 2.69. The lowest BCUT2D eigenvalue weighted by Gasteiger charge is -2.07. The number of thiazole rings is 1. The van der Waals surface area contributed by atoms with Crippen LogP contribution in [0.5, 0.6) is 5.75 Å². The fourth-order valence-electron chi connectivity index (χ4n) is 1.66. The zero-order chi connectivity index (χ0) is 13.7. The van der Waals surface area contributed by atoms with Gasteiger partial charge in [-0.2, -0.15) is 0 Å². The quantitative estimate of drug-likeness (QED) is 0.880. The molecule has 2 rings (SSSR count). The van der Waals surface area contributed by atoms with E-state index in [1.807, 2.05) is 31.3 Å². The van der Waals surface area contributed by atoms with Crippen LogP contribution in [0, 0.1) is 6.92 Å². The number of halogens is 1. The Morgan fingerprint density at radius 2 is 2.26 bits per heavy atom. The second kappa shape index (κ2) is 6.89. The Bertz CT molecular complexity index is 542. The molecule has 1 N–H and O–H groups in total. The number of hydrogen-bond acceptors (Lipinski definition) is 4. The van der Waals surface area contributed by atoms with Gasteiger partial charge >= 0.3 is 0 Å². The Hall–Kier alpha value is -1.10. The lowest BCUT2D eigenvalue weighted by Crippen LogP contribution is -2.10. The predicted molar refractivity (Wildman–Crippen MR) is 80.0 cm³/mol. The predicted octanol–water partition coefficient (Wildman–Crippen LogP) is 3.79. The molecule has 0 unspecified atom stereocenters. The molecule has 0 saturated heterocycles. The highest BCUT2D eigenvalue weighted by molar-refractivity contribution is 7.11. The minimum absolute atomic E-state index is 0.499. The van der Waals surface area contributed by atoms with Crippen LogP contribution in [-0.2, 0) is 13.2 Å². The summed E-state index contributed by atoms with van der Waals surface area (Å²) in [5, 5.41) is 5.00. The van der Waals surface area contributed by atoms with Crippen molar-refractivity contribution < 1.29 is 4.74 Å². The minimum atomic E-state index is 0.499. The molecule has 1 heterocycles. The number of benzene rings is 1. The van der Waals surface area contributed by atoms with E-state index >= 15 is 0 Å². The molecule has 0 bridgehead atoms. The molecular formula is C14H17ClN2OS. The van der Waals surface area contributed by atoms with Gasteiger partial charge in [0.2, 0.25) is 0 Å². The third kappa shape index (κ3) is 4.20. The summed E-state index contributed by atoms with van der Waals surface area (Å²) in [7, 11) is 0. The van der Waals surface area contributed by atoms with Gasteiger partial charge in [0.05, 0.1) is 0 Å². The smallest absolute Gasteiger partial charge is 0.140 e. The van der Waals surface area contributed by atoms with Gasteiger partial charge in [0, 0.05) is 22.6 Å². The van der Waals surface area contributed by atoms with E-state index in [1.165, 1.54) is 4.88 Å². The van der Waals surface area contributed by atoms with Crippen LogP contribution in [0.25, 0.3) is 0 Å². The summed E-state index contributed by atoms with van der Waals surface area (Å²) in [5.41, 5.74) is 1.04. The van der Waals surface area contributed by atoms with E-state index in [-0.39, 0.29) is 0 Å². The SMILES string of the molecule is CCNCc1cnc(COc2ccc(Cl)cc2C)s1. The van der Waals surface area contributed by atoms with Gasteiger partial charge in [-0.05, 0) is 37.2 Å². The average molecular weight is 297 g/mol. The molecular weight excluding hydrogens is 280 g/mol. The normalized spacial score (nSPS) is 10.7. The first-order valence-electron chi connectivity index (χ1n) is 6.22. The lowest BCUT2D eigenvalue weighted by molar-refractivity contribution is 0.303. The van der Waals surface area contributed by atoms with Gasteiger partial charge in [-0.15, -0.1) is 11.3 Å². The third-order valence-electron chi connectivity index (χ3n) is 2.64. The van der Waals surface area contributed by atoms with Gasteiger partial charge < -0.3 is 10.1 Å². The van der Waals surface area contributed by atoms with Crippen molar-refractivity contribution in [2.24, 2.45) is 0 Å². The van der Waals surface area contributed by atoms with Gasteiger partial charge in [-0.3, -0.25) is 0 Å². The fraction of sp³-hybridized carbons (Fsp3) is 0.357. The number of aromatic nitrogens is 1. The highest BCUT2D eigenvalue weighted by Gasteiger charge is 2.05. The van der Waals surface area contributed by atoms with Crippen molar-refractivity contribution in [3.8, 4) is 5.75 Å². The second-order valence-electron chi connectivity index (χ2n) is 4.20. The summed E-state index contributed by atoms with van der Waals surface area (Å²) in [6.45, 7) is 6.41. The van der Waals surface area contributed by atoms with E-state index in [0.29, 0.717) is 6.61 Å². The molecule has 1 aromatic heterocycles. The van der Waals surface area contributed by atoms with Crippen LogP contribution in [0.1, 0.15) is 22.4 Å². The van der Waals surface area contributed by atoms with Crippen LogP contribution < -0.4 is 10.1 Å². The monoisotopic (exact) mass is 296 g/mol. The molecule has 2 aromatic rings. The molecule has 1 aromatic carbocycles.